The molecule has 0 unspecified atom stereocenters. The van der Waals surface area contributed by atoms with Gasteiger partial charge in [0.1, 0.15) is 6.29 Å². The van der Waals surface area contributed by atoms with Crippen molar-refractivity contribution in [3.8, 4) is 0 Å². The predicted molar refractivity (Wildman–Crippen MR) is 86.1 cm³/mol. The van der Waals surface area contributed by atoms with E-state index in [0.717, 1.165) is 6.29 Å². The van der Waals surface area contributed by atoms with Gasteiger partial charge in [0, 0.05) is 31.1 Å². The summed E-state index contributed by atoms with van der Waals surface area (Å²) in [7, 11) is 0. The number of hydrogen-bond acceptors (Lipinski definition) is 6. The molecule has 2 atom stereocenters. The van der Waals surface area contributed by atoms with Crippen molar-refractivity contribution in [1.82, 2.24) is 20.6 Å². The third-order valence-electron chi connectivity index (χ3n) is 3.56. The number of β-amino-alcohol motifs (C(OH)–C–C–N with tert-alkyl or cyclic N) is 1. The highest BCUT2D eigenvalue weighted by Gasteiger charge is 2.24. The second-order valence-corrected chi connectivity index (χ2v) is 5.31. The van der Waals surface area contributed by atoms with E-state index >= 15 is 0 Å². The van der Waals surface area contributed by atoms with Gasteiger partial charge < -0.3 is 25.8 Å². The van der Waals surface area contributed by atoms with Gasteiger partial charge in [-0.25, -0.2) is 9.78 Å². The van der Waals surface area contributed by atoms with E-state index in [1.54, 1.807) is 18.2 Å². The minimum Gasteiger partial charge on any atom is -0.465 e. The van der Waals surface area contributed by atoms with E-state index in [1.165, 1.54) is 6.20 Å². The van der Waals surface area contributed by atoms with Crippen LogP contribution in [0.5, 0.6) is 0 Å². The summed E-state index contributed by atoms with van der Waals surface area (Å²) in [5.74, 6) is 0.0195. The zero-order valence-corrected chi connectivity index (χ0v) is 12.7. The minimum absolute atomic E-state index is 0.0195. The van der Waals surface area contributed by atoms with Crippen molar-refractivity contribution in [3.63, 3.8) is 0 Å². The van der Waals surface area contributed by atoms with Crippen molar-refractivity contribution < 1.29 is 19.8 Å². The second kappa shape index (κ2) is 8.18. The number of aliphatic hydroxyl groups excluding tert-OH is 1. The highest BCUT2D eigenvalue weighted by Crippen LogP contribution is 2.07. The zero-order chi connectivity index (χ0) is 17.5. The molecule has 5 N–H and O–H groups in total. The monoisotopic (exact) mass is 334 g/mol. The van der Waals surface area contributed by atoms with E-state index in [-0.39, 0.29) is 11.5 Å². The molecule has 1 aromatic heterocycles. The fraction of sp³-hybridized carbons (Fsp3) is 0.333. The summed E-state index contributed by atoms with van der Waals surface area (Å²) in [6.07, 6.45) is 0.485. The number of nitrogens with one attached hydrogen (secondary N) is 3. The molecular formula is C15H18N4O5. The highest BCUT2D eigenvalue weighted by atomic mass is 16.4. The Balaban J connectivity index is 0.000000177. The van der Waals surface area contributed by atoms with Crippen LogP contribution in [0.25, 0.3) is 11.0 Å². The number of rotatable bonds is 3. The number of benzene rings is 1. The summed E-state index contributed by atoms with van der Waals surface area (Å²) in [6, 6.07) is 4.94. The molecule has 2 aromatic rings. The average Bonchev–Trinajstić information content (AvgIpc) is 2.98. The van der Waals surface area contributed by atoms with Gasteiger partial charge in [0.05, 0.1) is 23.3 Å². The number of carboxylic acid groups (broad SMARTS) is 1. The number of aromatic nitrogens is 2. The first-order chi connectivity index (χ1) is 11.5. The fourth-order valence-electron chi connectivity index (χ4n) is 2.28. The summed E-state index contributed by atoms with van der Waals surface area (Å²) in [5.41, 5.74) is 1.51. The van der Waals surface area contributed by atoms with Crippen molar-refractivity contribution in [1.29, 1.82) is 0 Å². The van der Waals surface area contributed by atoms with E-state index < -0.39 is 12.2 Å². The number of aldehydes is 1. The number of amides is 1. The molecule has 24 heavy (non-hydrogen) atoms. The number of hydrogen-bond donors (Lipinski definition) is 5. The lowest BCUT2D eigenvalue weighted by Crippen LogP contribution is -2.33. The maximum atomic E-state index is 10.9. The summed E-state index contributed by atoms with van der Waals surface area (Å²) >= 11 is 0. The molecule has 2 heterocycles. The SMILES string of the molecule is O=C(O)NC[C@H]1CNC[C@H]1O.O=Cc1ccc2ncc(=O)[nH]c2c1. The Kier molecular flexibility index (Phi) is 5.99. The van der Waals surface area contributed by atoms with Crippen molar-refractivity contribution in [3.05, 3.63) is 40.3 Å². The van der Waals surface area contributed by atoms with Crippen LogP contribution >= 0.6 is 0 Å². The number of carbonyl (C=O) groups is 2. The van der Waals surface area contributed by atoms with Gasteiger partial charge in [-0.15, -0.1) is 0 Å². The van der Waals surface area contributed by atoms with Crippen LogP contribution in [-0.4, -0.2) is 58.3 Å². The lowest BCUT2D eigenvalue weighted by molar-refractivity contribution is 0.112. The standard InChI is InChI=1S/C9H6N2O2.C6H12N2O3/c12-5-6-1-2-7-8(3-6)11-9(13)4-10-7;9-5-3-7-1-4(5)2-8-6(10)11/h1-5H,(H,11,13);4-5,7-9H,1-3H2,(H,10,11)/t;4-,5-/m.1/s1. The van der Waals surface area contributed by atoms with Gasteiger partial charge in [-0.2, -0.15) is 0 Å². The molecule has 0 radical (unpaired) electrons. The molecule has 1 saturated heterocycles. The normalized spacial score (nSPS) is 19.4. The molecule has 1 fully saturated rings. The second-order valence-electron chi connectivity index (χ2n) is 5.31. The van der Waals surface area contributed by atoms with Crippen molar-refractivity contribution >= 4 is 23.4 Å². The number of nitrogens with zero attached hydrogens (tertiary/aromatic N) is 1. The molecule has 1 amide bonds. The Hall–Kier alpha value is -2.78. The highest BCUT2D eigenvalue weighted by molar-refractivity contribution is 5.84. The van der Waals surface area contributed by atoms with Crippen molar-refractivity contribution in [2.45, 2.75) is 6.10 Å². The molecule has 1 aliphatic heterocycles. The van der Waals surface area contributed by atoms with Crippen LogP contribution in [-0.2, 0) is 0 Å². The van der Waals surface area contributed by atoms with Crippen LogP contribution in [0.4, 0.5) is 4.79 Å². The van der Waals surface area contributed by atoms with E-state index in [4.69, 9.17) is 5.11 Å². The largest absolute Gasteiger partial charge is 0.465 e. The van der Waals surface area contributed by atoms with Gasteiger partial charge in [0.25, 0.3) is 5.56 Å². The summed E-state index contributed by atoms with van der Waals surface area (Å²) in [4.78, 5) is 37.8. The number of H-pyrrole nitrogens is 1. The molecule has 0 saturated carbocycles. The molecule has 3 rings (SSSR count). The van der Waals surface area contributed by atoms with E-state index in [1.807, 2.05) is 0 Å². The van der Waals surface area contributed by atoms with E-state index in [9.17, 15) is 19.5 Å². The van der Waals surface area contributed by atoms with Gasteiger partial charge in [0.15, 0.2) is 0 Å². The van der Waals surface area contributed by atoms with Gasteiger partial charge >= 0.3 is 6.09 Å². The lowest BCUT2D eigenvalue weighted by Gasteiger charge is -2.11. The molecule has 128 valence electrons. The third-order valence-corrected chi connectivity index (χ3v) is 3.56. The Labute approximate surface area is 136 Å². The first-order valence-electron chi connectivity index (χ1n) is 7.29. The van der Waals surface area contributed by atoms with E-state index in [0.29, 0.717) is 36.2 Å². The molecule has 0 bridgehead atoms. The predicted octanol–water partition coefficient (Wildman–Crippen LogP) is -0.430. The summed E-state index contributed by atoms with van der Waals surface area (Å²) in [6.45, 7) is 1.57. The maximum Gasteiger partial charge on any atom is 0.404 e. The first-order valence-corrected chi connectivity index (χ1v) is 7.29. The molecule has 0 aliphatic carbocycles. The molecule has 1 aliphatic rings. The Morgan fingerprint density at radius 2 is 2.21 bits per heavy atom. The van der Waals surface area contributed by atoms with Crippen molar-refractivity contribution in [2.75, 3.05) is 19.6 Å². The average molecular weight is 334 g/mol. The topological polar surface area (TPSA) is 144 Å². The quantitative estimate of drug-likeness (QED) is 0.479. The lowest BCUT2D eigenvalue weighted by atomic mass is 10.1. The molecule has 9 heteroatoms. The molecular weight excluding hydrogens is 316 g/mol. The van der Waals surface area contributed by atoms with Crippen LogP contribution < -0.4 is 16.2 Å². The van der Waals surface area contributed by atoms with Gasteiger partial charge in [0.2, 0.25) is 0 Å². The van der Waals surface area contributed by atoms with Crippen LogP contribution in [0.15, 0.2) is 29.2 Å². The fourth-order valence-corrected chi connectivity index (χ4v) is 2.28. The van der Waals surface area contributed by atoms with Crippen LogP contribution in [0.1, 0.15) is 10.4 Å². The number of aliphatic hydroxyl groups is 1. The van der Waals surface area contributed by atoms with Crippen molar-refractivity contribution in [2.24, 2.45) is 5.92 Å². The van der Waals surface area contributed by atoms with Gasteiger partial charge in [-0.3, -0.25) is 9.59 Å². The molecule has 9 nitrogen and oxygen atoms in total. The van der Waals surface area contributed by atoms with Gasteiger partial charge in [-0.1, -0.05) is 0 Å². The smallest absolute Gasteiger partial charge is 0.404 e. The summed E-state index contributed by atoms with van der Waals surface area (Å²) < 4.78 is 0. The third kappa shape index (κ3) is 4.86. The maximum absolute atomic E-state index is 10.9. The van der Waals surface area contributed by atoms with Crippen LogP contribution in [0, 0.1) is 5.92 Å². The minimum atomic E-state index is -1.04. The van der Waals surface area contributed by atoms with Gasteiger partial charge in [-0.05, 0) is 18.2 Å². The van der Waals surface area contributed by atoms with Crippen LogP contribution in [0.3, 0.4) is 0 Å². The first kappa shape index (κ1) is 17.6. The molecule has 0 spiro atoms. The summed E-state index contributed by atoms with van der Waals surface area (Å²) in [5, 5.41) is 22.7. The Morgan fingerprint density at radius 1 is 1.42 bits per heavy atom. The number of fused-ring (bicyclic) bond motifs is 1. The van der Waals surface area contributed by atoms with E-state index in [2.05, 4.69) is 20.6 Å². The van der Waals surface area contributed by atoms with Crippen LogP contribution in [0.2, 0.25) is 0 Å². The molecule has 1 aromatic carbocycles. The Bertz CT molecular complexity index is 776. The zero-order valence-electron chi connectivity index (χ0n) is 12.7. The Morgan fingerprint density at radius 3 is 2.83 bits per heavy atom. The number of aromatic amines is 1. The number of carbonyl (C=O) groups excluding carboxylic acids is 1.